The van der Waals surface area contributed by atoms with Gasteiger partial charge in [-0.25, -0.2) is 0 Å². The predicted octanol–water partition coefficient (Wildman–Crippen LogP) is 9.81. The molecule has 0 aromatic carbocycles. The first-order chi connectivity index (χ1) is 16.1. The zero-order chi connectivity index (χ0) is 24.6. The second-order valence-corrected chi connectivity index (χ2v) is 15.3. The van der Waals surface area contributed by atoms with Crippen molar-refractivity contribution in [2.24, 2.45) is 51.8 Å². The number of hydrogen-bond acceptors (Lipinski definition) is 1. The molecule has 2 atom stereocenters. The molecule has 1 heteroatoms. The summed E-state index contributed by atoms with van der Waals surface area (Å²) in [5.41, 5.74) is 0.909. The minimum Gasteiger partial charge on any atom is -0.393 e. The first-order valence-electron chi connectivity index (χ1n) is 15.7. The van der Waals surface area contributed by atoms with Gasteiger partial charge in [-0.05, 0) is 103 Å². The topological polar surface area (TPSA) is 20.2 Å². The van der Waals surface area contributed by atoms with Crippen LogP contribution in [0.15, 0.2) is 0 Å². The maximum Gasteiger partial charge on any atom is 0.0607 e. The molecule has 4 fully saturated rings. The van der Waals surface area contributed by atoms with Gasteiger partial charge in [-0.2, -0.15) is 0 Å². The third kappa shape index (κ3) is 5.31. The molecule has 0 aliphatic heterocycles. The van der Waals surface area contributed by atoms with Crippen molar-refractivity contribution >= 4 is 0 Å². The molecule has 198 valence electrons. The molecule has 4 rings (SSSR count). The summed E-state index contributed by atoms with van der Waals surface area (Å²) >= 11 is 0. The Balaban J connectivity index is 1.64. The van der Waals surface area contributed by atoms with Gasteiger partial charge >= 0.3 is 0 Å². The van der Waals surface area contributed by atoms with E-state index in [1.165, 1.54) is 109 Å². The standard InChI is InChI=1S/C33H60O/c1-31(2,24-16-10-7-11-17-24)27-22-28(32(3,4)25-18-12-8-13-19-25)30(34)29(23-27)33(5,6)26-20-14-9-15-21-26/h24-30,34H,7-23H2,1-6H3. The Labute approximate surface area is 213 Å². The number of hydrogen-bond donors (Lipinski definition) is 1. The Morgan fingerprint density at radius 1 is 0.412 bits per heavy atom. The van der Waals surface area contributed by atoms with E-state index in [0.717, 1.165) is 23.7 Å². The maximum atomic E-state index is 12.3. The highest BCUT2D eigenvalue weighted by atomic mass is 16.3. The van der Waals surface area contributed by atoms with Crippen molar-refractivity contribution in [2.45, 2.75) is 157 Å². The number of aliphatic hydroxyl groups is 1. The van der Waals surface area contributed by atoms with Crippen molar-refractivity contribution in [2.75, 3.05) is 0 Å². The van der Waals surface area contributed by atoms with Gasteiger partial charge in [-0.15, -0.1) is 0 Å². The third-order valence-corrected chi connectivity index (χ3v) is 12.8. The molecule has 0 heterocycles. The van der Waals surface area contributed by atoms with Crippen LogP contribution in [-0.2, 0) is 0 Å². The Hall–Kier alpha value is -0.0400. The van der Waals surface area contributed by atoms with Gasteiger partial charge in [0.25, 0.3) is 0 Å². The molecule has 0 radical (unpaired) electrons. The summed E-state index contributed by atoms with van der Waals surface area (Å²) in [6, 6.07) is 0. The summed E-state index contributed by atoms with van der Waals surface area (Å²) in [5, 5.41) is 12.3. The van der Waals surface area contributed by atoms with Gasteiger partial charge in [-0.3, -0.25) is 0 Å². The Kier molecular flexibility index (Phi) is 8.54. The third-order valence-electron chi connectivity index (χ3n) is 12.8. The molecule has 0 saturated heterocycles. The zero-order valence-corrected chi connectivity index (χ0v) is 24.0. The largest absolute Gasteiger partial charge is 0.393 e. The molecule has 1 nitrogen and oxygen atoms in total. The van der Waals surface area contributed by atoms with Gasteiger partial charge in [0.15, 0.2) is 0 Å². The van der Waals surface area contributed by atoms with E-state index < -0.39 is 0 Å². The van der Waals surface area contributed by atoms with E-state index in [-0.39, 0.29) is 16.9 Å². The fraction of sp³-hybridized carbons (Fsp3) is 1.00. The Morgan fingerprint density at radius 2 is 0.706 bits per heavy atom. The van der Waals surface area contributed by atoms with Gasteiger partial charge in [0.1, 0.15) is 0 Å². The molecule has 4 aliphatic rings. The van der Waals surface area contributed by atoms with Crippen LogP contribution in [0.3, 0.4) is 0 Å². The second kappa shape index (κ2) is 10.8. The van der Waals surface area contributed by atoms with E-state index in [2.05, 4.69) is 41.5 Å². The van der Waals surface area contributed by atoms with Gasteiger partial charge in [0.05, 0.1) is 6.10 Å². The Morgan fingerprint density at radius 3 is 1.03 bits per heavy atom. The molecule has 4 saturated carbocycles. The smallest absolute Gasteiger partial charge is 0.0607 e. The monoisotopic (exact) mass is 472 g/mol. The molecule has 4 aliphatic carbocycles. The summed E-state index contributed by atoms with van der Waals surface area (Å²) in [6.45, 7) is 15.5. The first kappa shape index (κ1) is 27.0. The maximum absolute atomic E-state index is 12.3. The lowest BCUT2D eigenvalue weighted by Gasteiger charge is -2.58. The molecule has 0 amide bonds. The van der Waals surface area contributed by atoms with Crippen molar-refractivity contribution < 1.29 is 5.11 Å². The minimum absolute atomic E-state index is 0.118. The van der Waals surface area contributed by atoms with Crippen LogP contribution in [0.5, 0.6) is 0 Å². The predicted molar refractivity (Wildman–Crippen MR) is 147 cm³/mol. The Bertz CT molecular complexity index is 587. The lowest BCUT2D eigenvalue weighted by molar-refractivity contribution is -0.143. The van der Waals surface area contributed by atoms with Crippen LogP contribution in [0.2, 0.25) is 0 Å². The average Bonchev–Trinajstić information content (AvgIpc) is 2.85. The molecule has 0 aromatic rings. The number of rotatable bonds is 6. The first-order valence-corrected chi connectivity index (χ1v) is 15.7. The molecule has 0 aromatic heterocycles. The molecule has 0 bridgehead atoms. The van der Waals surface area contributed by atoms with E-state index in [0.29, 0.717) is 17.3 Å². The molecular weight excluding hydrogens is 412 g/mol. The second-order valence-electron chi connectivity index (χ2n) is 15.3. The highest BCUT2D eigenvalue weighted by Gasteiger charge is 2.55. The summed E-state index contributed by atoms with van der Waals surface area (Å²) in [7, 11) is 0. The molecular formula is C33H60O. The van der Waals surface area contributed by atoms with E-state index in [1.807, 2.05) is 0 Å². The van der Waals surface area contributed by atoms with E-state index in [1.54, 1.807) is 0 Å². The van der Waals surface area contributed by atoms with Crippen molar-refractivity contribution in [3.8, 4) is 0 Å². The van der Waals surface area contributed by atoms with Crippen molar-refractivity contribution in [3.63, 3.8) is 0 Å². The van der Waals surface area contributed by atoms with Crippen LogP contribution in [0.25, 0.3) is 0 Å². The molecule has 0 spiro atoms. The fourth-order valence-corrected chi connectivity index (χ4v) is 9.84. The van der Waals surface area contributed by atoms with Crippen molar-refractivity contribution in [1.29, 1.82) is 0 Å². The highest BCUT2D eigenvalue weighted by molar-refractivity contribution is 5.04. The van der Waals surface area contributed by atoms with Crippen molar-refractivity contribution in [3.05, 3.63) is 0 Å². The molecule has 1 N–H and O–H groups in total. The van der Waals surface area contributed by atoms with Crippen LogP contribution >= 0.6 is 0 Å². The molecule has 34 heavy (non-hydrogen) atoms. The molecule has 2 unspecified atom stereocenters. The summed E-state index contributed by atoms with van der Waals surface area (Å²) in [6.07, 6.45) is 23.7. The normalized spacial score (nSPS) is 34.3. The van der Waals surface area contributed by atoms with Crippen LogP contribution in [0.4, 0.5) is 0 Å². The lowest BCUT2D eigenvalue weighted by atomic mass is 9.48. The van der Waals surface area contributed by atoms with Gasteiger partial charge < -0.3 is 5.11 Å². The van der Waals surface area contributed by atoms with Crippen molar-refractivity contribution in [1.82, 2.24) is 0 Å². The zero-order valence-electron chi connectivity index (χ0n) is 24.0. The van der Waals surface area contributed by atoms with Gasteiger partial charge in [0, 0.05) is 0 Å². The van der Waals surface area contributed by atoms with E-state index in [9.17, 15) is 5.11 Å². The lowest BCUT2D eigenvalue weighted by Crippen LogP contribution is -2.55. The summed E-state index contributed by atoms with van der Waals surface area (Å²) in [5.74, 6) is 4.18. The minimum atomic E-state index is -0.118. The SMILES string of the molecule is CC(C)(C1CCCCC1)C1CC(C(C)(C)C2CCCCC2)C(O)C(C(C)(C)C2CCCCC2)C1. The van der Waals surface area contributed by atoms with Crippen LogP contribution < -0.4 is 0 Å². The summed E-state index contributed by atoms with van der Waals surface area (Å²) < 4.78 is 0. The summed E-state index contributed by atoms with van der Waals surface area (Å²) in [4.78, 5) is 0. The quantitative estimate of drug-likeness (QED) is 0.408. The fourth-order valence-electron chi connectivity index (χ4n) is 9.84. The van der Waals surface area contributed by atoms with Crippen LogP contribution in [0, 0.1) is 51.8 Å². The van der Waals surface area contributed by atoms with Crippen LogP contribution in [-0.4, -0.2) is 11.2 Å². The van der Waals surface area contributed by atoms with E-state index >= 15 is 0 Å². The highest BCUT2D eigenvalue weighted by Crippen LogP contribution is 2.60. The number of aliphatic hydroxyl groups excluding tert-OH is 1. The average molecular weight is 473 g/mol. The van der Waals surface area contributed by atoms with Gasteiger partial charge in [-0.1, -0.05) is 99.3 Å². The van der Waals surface area contributed by atoms with Gasteiger partial charge in [0.2, 0.25) is 0 Å². The van der Waals surface area contributed by atoms with Crippen LogP contribution in [0.1, 0.15) is 151 Å². The van der Waals surface area contributed by atoms with E-state index in [4.69, 9.17) is 0 Å².